The fraction of sp³-hybridized carbons (Fsp3) is 0.846. The van der Waals surface area contributed by atoms with Gasteiger partial charge < -0.3 is 10.6 Å². The normalized spacial score (nSPS) is 24.8. The zero-order chi connectivity index (χ0) is 10.7. The van der Waals surface area contributed by atoms with Gasteiger partial charge in [0.1, 0.15) is 0 Å². The number of hydrogen-bond acceptors (Lipinski definition) is 2. The molecule has 0 aromatic carbocycles. The van der Waals surface area contributed by atoms with Crippen LogP contribution in [0.3, 0.4) is 0 Å². The Labute approximate surface area is 93.5 Å². The summed E-state index contributed by atoms with van der Waals surface area (Å²) in [6.07, 6.45) is 6.95. The minimum atomic E-state index is 0.414. The molecule has 2 rings (SSSR count). The highest BCUT2D eigenvalue weighted by Crippen LogP contribution is 2.27. The molecule has 15 heavy (non-hydrogen) atoms. The van der Waals surface area contributed by atoms with Crippen molar-refractivity contribution >= 4 is 0 Å². The maximum absolute atomic E-state index is 3.76. The molecule has 0 bridgehead atoms. The minimum Gasteiger partial charge on any atom is -0.309 e. The molecule has 0 aromatic rings. The molecule has 2 N–H and O–H groups in total. The highest BCUT2D eigenvalue weighted by Gasteiger charge is 2.26. The molecule has 1 aliphatic carbocycles. The summed E-state index contributed by atoms with van der Waals surface area (Å²) < 4.78 is 0. The van der Waals surface area contributed by atoms with E-state index in [1.54, 1.807) is 11.1 Å². The van der Waals surface area contributed by atoms with E-state index in [1.165, 1.54) is 32.1 Å². The fourth-order valence-electron chi connectivity index (χ4n) is 2.53. The zero-order valence-corrected chi connectivity index (χ0v) is 10.2. The van der Waals surface area contributed by atoms with Gasteiger partial charge in [0.15, 0.2) is 0 Å². The molecule has 2 nitrogen and oxygen atoms in total. The van der Waals surface area contributed by atoms with E-state index >= 15 is 0 Å². The second kappa shape index (κ2) is 4.67. The Morgan fingerprint density at radius 2 is 1.93 bits per heavy atom. The molecule has 1 saturated heterocycles. The molecule has 0 spiro atoms. The summed E-state index contributed by atoms with van der Waals surface area (Å²) in [6, 6.07) is 0. The molecule has 2 heteroatoms. The van der Waals surface area contributed by atoms with Crippen LogP contribution in [0.4, 0.5) is 0 Å². The van der Waals surface area contributed by atoms with E-state index in [-0.39, 0.29) is 0 Å². The number of rotatable bonds is 3. The third kappa shape index (κ3) is 2.82. The molecule has 2 fully saturated rings. The molecule has 1 saturated carbocycles. The van der Waals surface area contributed by atoms with Crippen LogP contribution in [0.2, 0.25) is 0 Å². The van der Waals surface area contributed by atoms with Gasteiger partial charge in [-0.2, -0.15) is 0 Å². The van der Waals surface area contributed by atoms with Gasteiger partial charge in [0.05, 0.1) is 0 Å². The lowest BCUT2D eigenvalue weighted by molar-refractivity contribution is 0.261. The average Bonchev–Trinajstić information content (AvgIpc) is 2.14. The van der Waals surface area contributed by atoms with Gasteiger partial charge in [-0.25, -0.2) is 0 Å². The van der Waals surface area contributed by atoms with Gasteiger partial charge in [-0.05, 0) is 32.3 Å². The first kappa shape index (κ1) is 11.2. The molecule has 0 aromatic heterocycles. The molecule has 0 radical (unpaired) electrons. The molecule has 2 aliphatic rings. The Morgan fingerprint density at radius 3 is 2.47 bits per heavy atom. The molecule has 86 valence electrons. The summed E-state index contributed by atoms with van der Waals surface area (Å²) in [6.45, 7) is 7.99. The van der Waals surface area contributed by atoms with Crippen molar-refractivity contribution in [2.45, 2.75) is 51.5 Å². The minimum absolute atomic E-state index is 0.414. The van der Waals surface area contributed by atoms with Crippen LogP contribution in [0.1, 0.15) is 46.0 Å². The van der Waals surface area contributed by atoms with Crippen molar-refractivity contribution in [2.75, 3.05) is 19.6 Å². The largest absolute Gasteiger partial charge is 0.309 e. The quantitative estimate of drug-likeness (QED) is 0.695. The van der Waals surface area contributed by atoms with Gasteiger partial charge in [-0.1, -0.05) is 24.8 Å². The van der Waals surface area contributed by atoms with Crippen LogP contribution >= 0.6 is 0 Å². The van der Waals surface area contributed by atoms with Crippen molar-refractivity contribution in [3.8, 4) is 0 Å². The highest BCUT2D eigenvalue weighted by molar-refractivity contribution is 5.22. The van der Waals surface area contributed by atoms with Gasteiger partial charge in [0.2, 0.25) is 0 Å². The van der Waals surface area contributed by atoms with Crippen LogP contribution in [0.15, 0.2) is 11.1 Å². The lowest BCUT2D eigenvalue weighted by Gasteiger charge is -2.35. The van der Waals surface area contributed by atoms with Gasteiger partial charge in [0, 0.05) is 25.2 Å². The smallest absolute Gasteiger partial charge is 0.0183 e. The summed E-state index contributed by atoms with van der Waals surface area (Å²) >= 11 is 0. The predicted molar refractivity (Wildman–Crippen MR) is 65.1 cm³/mol. The SMILES string of the molecule is CC(CNC1(C)CCCCC1)=C1CNC1. The van der Waals surface area contributed by atoms with Crippen LogP contribution < -0.4 is 10.6 Å². The lowest BCUT2D eigenvalue weighted by atomic mass is 9.83. The second-order valence-electron chi connectivity index (χ2n) is 5.46. The van der Waals surface area contributed by atoms with Gasteiger partial charge in [0.25, 0.3) is 0 Å². The first-order chi connectivity index (χ1) is 7.20. The zero-order valence-electron chi connectivity index (χ0n) is 10.2. The van der Waals surface area contributed by atoms with Gasteiger partial charge in [-0.3, -0.25) is 0 Å². The monoisotopic (exact) mass is 208 g/mol. The molecule has 1 aliphatic heterocycles. The Bertz CT molecular complexity index is 243. The first-order valence-electron chi connectivity index (χ1n) is 6.33. The number of nitrogens with one attached hydrogen (secondary N) is 2. The summed E-state index contributed by atoms with van der Waals surface area (Å²) in [4.78, 5) is 0. The summed E-state index contributed by atoms with van der Waals surface area (Å²) in [5, 5.41) is 7.07. The van der Waals surface area contributed by atoms with Crippen LogP contribution in [0.25, 0.3) is 0 Å². The summed E-state index contributed by atoms with van der Waals surface area (Å²) in [5.41, 5.74) is 3.58. The molecular weight excluding hydrogens is 184 g/mol. The van der Waals surface area contributed by atoms with Crippen molar-refractivity contribution in [2.24, 2.45) is 0 Å². The van der Waals surface area contributed by atoms with Crippen LogP contribution in [0.5, 0.6) is 0 Å². The van der Waals surface area contributed by atoms with Crippen molar-refractivity contribution < 1.29 is 0 Å². The Balaban J connectivity index is 1.81. The van der Waals surface area contributed by atoms with E-state index in [0.29, 0.717) is 5.54 Å². The third-order valence-electron chi connectivity index (χ3n) is 4.02. The van der Waals surface area contributed by atoms with Crippen LogP contribution in [-0.2, 0) is 0 Å². The van der Waals surface area contributed by atoms with Crippen LogP contribution in [0, 0.1) is 0 Å². The van der Waals surface area contributed by atoms with Crippen molar-refractivity contribution in [3.05, 3.63) is 11.1 Å². The van der Waals surface area contributed by atoms with E-state index in [9.17, 15) is 0 Å². The highest BCUT2D eigenvalue weighted by atomic mass is 15.0. The van der Waals surface area contributed by atoms with E-state index in [1.807, 2.05) is 0 Å². The summed E-state index contributed by atoms with van der Waals surface area (Å²) in [7, 11) is 0. The van der Waals surface area contributed by atoms with Crippen LogP contribution in [-0.4, -0.2) is 25.2 Å². The maximum Gasteiger partial charge on any atom is 0.0183 e. The summed E-state index contributed by atoms with van der Waals surface area (Å²) in [5.74, 6) is 0. The standard InChI is InChI=1S/C13H24N2/c1-11(12-9-14-10-12)8-15-13(2)6-4-3-5-7-13/h14-15H,3-10H2,1-2H3. The Hall–Kier alpha value is -0.340. The Kier molecular flexibility index (Phi) is 3.47. The maximum atomic E-state index is 3.76. The molecule has 0 atom stereocenters. The molecule has 0 unspecified atom stereocenters. The topological polar surface area (TPSA) is 24.1 Å². The van der Waals surface area contributed by atoms with Crippen molar-refractivity contribution in [1.29, 1.82) is 0 Å². The van der Waals surface area contributed by atoms with E-state index in [4.69, 9.17) is 0 Å². The van der Waals surface area contributed by atoms with Gasteiger partial charge >= 0.3 is 0 Å². The second-order valence-corrected chi connectivity index (χ2v) is 5.46. The Morgan fingerprint density at radius 1 is 1.27 bits per heavy atom. The fourth-order valence-corrected chi connectivity index (χ4v) is 2.53. The van der Waals surface area contributed by atoms with Crippen molar-refractivity contribution in [3.63, 3.8) is 0 Å². The molecule has 0 amide bonds. The lowest BCUT2D eigenvalue weighted by Crippen LogP contribution is -2.45. The van der Waals surface area contributed by atoms with E-state index in [0.717, 1.165) is 19.6 Å². The van der Waals surface area contributed by atoms with E-state index in [2.05, 4.69) is 24.5 Å². The third-order valence-corrected chi connectivity index (χ3v) is 4.02. The average molecular weight is 208 g/mol. The first-order valence-corrected chi connectivity index (χ1v) is 6.33. The molecule has 1 heterocycles. The number of hydrogen-bond donors (Lipinski definition) is 2. The van der Waals surface area contributed by atoms with E-state index < -0.39 is 0 Å². The predicted octanol–water partition coefficient (Wildman–Crippen LogP) is 2.22. The van der Waals surface area contributed by atoms with Crippen molar-refractivity contribution in [1.82, 2.24) is 10.6 Å². The van der Waals surface area contributed by atoms with Gasteiger partial charge in [-0.15, -0.1) is 0 Å². The molecular formula is C13H24N2.